The van der Waals surface area contributed by atoms with E-state index in [0.29, 0.717) is 17.7 Å². The predicted molar refractivity (Wildman–Crippen MR) is 65.5 cm³/mol. The van der Waals surface area contributed by atoms with Crippen LogP contribution in [0.1, 0.15) is 6.92 Å². The third-order valence-corrected chi connectivity index (χ3v) is 2.80. The van der Waals surface area contributed by atoms with Crippen molar-refractivity contribution in [3.63, 3.8) is 0 Å². The highest BCUT2D eigenvalue weighted by atomic mass is 35.5. The van der Waals surface area contributed by atoms with Crippen LogP contribution in [0.2, 0.25) is 0 Å². The van der Waals surface area contributed by atoms with Gasteiger partial charge in [0.1, 0.15) is 0 Å². The number of hydrogen-bond donors (Lipinski definition) is 0. The molecule has 0 aliphatic carbocycles. The van der Waals surface area contributed by atoms with E-state index in [4.69, 9.17) is 11.6 Å². The fraction of sp³-hybridized carbons (Fsp3) is 0.500. The Morgan fingerprint density at radius 3 is 2.59 bits per heavy atom. The summed E-state index contributed by atoms with van der Waals surface area (Å²) in [5.74, 6) is 0. The lowest BCUT2D eigenvalue weighted by molar-refractivity contribution is 0.680. The first-order valence-electron chi connectivity index (χ1n) is 5.18. The molecule has 0 spiro atoms. The first-order chi connectivity index (χ1) is 7.93. The highest BCUT2D eigenvalue weighted by molar-refractivity contribution is 6.20. The monoisotopic (exact) mass is 256 g/mol. The fourth-order valence-electron chi connectivity index (χ4n) is 1.81. The average Bonchev–Trinajstić information content (AvgIpc) is 2.66. The van der Waals surface area contributed by atoms with Gasteiger partial charge in [-0.3, -0.25) is 13.9 Å². The molecule has 0 bridgehead atoms. The topological polar surface area (TPSA) is 61.8 Å². The van der Waals surface area contributed by atoms with Crippen molar-refractivity contribution in [2.24, 2.45) is 14.1 Å². The predicted octanol–water partition coefficient (Wildman–Crippen LogP) is 0.0610. The summed E-state index contributed by atoms with van der Waals surface area (Å²) < 4.78 is 4.10. The Bertz CT molecular complexity index is 680. The Morgan fingerprint density at radius 1 is 1.35 bits per heavy atom. The lowest BCUT2D eigenvalue weighted by Gasteiger charge is -2.07. The summed E-state index contributed by atoms with van der Waals surface area (Å²) >= 11 is 5.91. The van der Waals surface area contributed by atoms with E-state index < -0.39 is 0 Å². The van der Waals surface area contributed by atoms with Crippen molar-refractivity contribution in [3.8, 4) is 0 Å². The highest BCUT2D eigenvalue weighted by Gasteiger charge is 2.14. The van der Waals surface area contributed by atoms with Crippen LogP contribution < -0.4 is 11.2 Å². The number of hydrogen-bond acceptors (Lipinski definition) is 3. The molecule has 1 atom stereocenters. The lowest BCUT2D eigenvalue weighted by Crippen LogP contribution is -2.37. The molecule has 0 saturated carbocycles. The van der Waals surface area contributed by atoms with Crippen molar-refractivity contribution in [1.82, 2.24) is 18.7 Å². The van der Waals surface area contributed by atoms with Gasteiger partial charge in [0.2, 0.25) is 0 Å². The van der Waals surface area contributed by atoms with Gasteiger partial charge in [-0.2, -0.15) is 0 Å². The van der Waals surface area contributed by atoms with Crippen LogP contribution in [0.4, 0.5) is 0 Å². The third kappa shape index (κ3) is 1.78. The van der Waals surface area contributed by atoms with Crippen molar-refractivity contribution >= 4 is 22.8 Å². The zero-order chi connectivity index (χ0) is 12.7. The Labute approximate surface area is 102 Å². The summed E-state index contributed by atoms with van der Waals surface area (Å²) in [4.78, 5) is 27.8. The normalized spacial score (nSPS) is 13.2. The highest BCUT2D eigenvalue weighted by Crippen LogP contribution is 2.08. The molecule has 0 fully saturated rings. The molecule has 7 heteroatoms. The number of fused-ring (bicyclic) bond motifs is 1. The molecule has 6 nitrogen and oxygen atoms in total. The summed E-state index contributed by atoms with van der Waals surface area (Å²) in [6.07, 6.45) is 1.53. The molecule has 2 heterocycles. The van der Waals surface area contributed by atoms with Gasteiger partial charge >= 0.3 is 5.69 Å². The maximum Gasteiger partial charge on any atom is 0.332 e. The number of aromatic nitrogens is 4. The molecule has 0 aliphatic rings. The molecule has 1 unspecified atom stereocenters. The Hall–Kier alpha value is -1.56. The quantitative estimate of drug-likeness (QED) is 0.714. The third-order valence-electron chi connectivity index (χ3n) is 2.67. The van der Waals surface area contributed by atoms with Crippen LogP contribution in [-0.2, 0) is 20.6 Å². The molecule has 0 amide bonds. The van der Waals surface area contributed by atoms with Crippen LogP contribution >= 0.6 is 11.6 Å². The molecule has 0 N–H and O–H groups in total. The van der Waals surface area contributed by atoms with E-state index >= 15 is 0 Å². The molecular formula is C10H13ClN4O2. The van der Waals surface area contributed by atoms with Gasteiger partial charge in [-0.1, -0.05) is 0 Å². The van der Waals surface area contributed by atoms with Crippen molar-refractivity contribution in [1.29, 1.82) is 0 Å². The van der Waals surface area contributed by atoms with Crippen molar-refractivity contribution in [3.05, 3.63) is 27.2 Å². The molecule has 0 radical (unpaired) electrons. The molecule has 2 rings (SSSR count). The van der Waals surface area contributed by atoms with E-state index in [9.17, 15) is 9.59 Å². The second-order valence-electron chi connectivity index (χ2n) is 4.06. The van der Waals surface area contributed by atoms with Crippen LogP contribution in [0.3, 0.4) is 0 Å². The van der Waals surface area contributed by atoms with Crippen LogP contribution in [0.25, 0.3) is 11.2 Å². The Balaban J connectivity index is 2.86. The fourth-order valence-corrected chi connectivity index (χ4v) is 1.96. The SMILES string of the molecule is CC(Cl)Cn1cnc2c1c(=O)n(C)c(=O)n2C. The maximum absolute atomic E-state index is 12.0. The standard InChI is InChI=1S/C10H13ClN4O2/c1-6(11)4-15-5-12-8-7(15)9(16)14(3)10(17)13(8)2/h5-6H,4H2,1-3H3. The van der Waals surface area contributed by atoms with Gasteiger partial charge in [-0.15, -0.1) is 11.6 Å². The lowest BCUT2D eigenvalue weighted by atomic mass is 10.4. The number of imidazole rings is 1. The summed E-state index contributed by atoms with van der Waals surface area (Å²) in [7, 11) is 3.04. The number of nitrogens with zero attached hydrogens (tertiary/aromatic N) is 4. The van der Waals surface area contributed by atoms with Gasteiger partial charge in [-0.25, -0.2) is 9.78 Å². The van der Waals surface area contributed by atoms with E-state index in [1.165, 1.54) is 17.9 Å². The molecule has 92 valence electrons. The first-order valence-corrected chi connectivity index (χ1v) is 5.62. The van der Waals surface area contributed by atoms with Gasteiger partial charge in [-0.05, 0) is 6.92 Å². The molecule has 2 aromatic heterocycles. The van der Waals surface area contributed by atoms with Crippen LogP contribution in [0.5, 0.6) is 0 Å². The minimum absolute atomic E-state index is 0.116. The largest absolute Gasteiger partial charge is 0.332 e. The van der Waals surface area contributed by atoms with Crippen LogP contribution in [0.15, 0.2) is 15.9 Å². The second-order valence-corrected chi connectivity index (χ2v) is 4.80. The van der Waals surface area contributed by atoms with E-state index in [-0.39, 0.29) is 16.6 Å². The zero-order valence-electron chi connectivity index (χ0n) is 9.85. The molecule has 17 heavy (non-hydrogen) atoms. The first kappa shape index (κ1) is 11.9. The van der Waals surface area contributed by atoms with Crippen LogP contribution in [0, 0.1) is 0 Å². The number of alkyl halides is 1. The van der Waals surface area contributed by atoms with E-state index in [1.54, 1.807) is 11.6 Å². The van der Waals surface area contributed by atoms with Gasteiger partial charge in [0.05, 0.1) is 6.33 Å². The summed E-state index contributed by atoms with van der Waals surface area (Å²) in [6.45, 7) is 2.31. The molecule has 0 saturated heterocycles. The Morgan fingerprint density at radius 2 is 2.00 bits per heavy atom. The van der Waals surface area contributed by atoms with Crippen LogP contribution in [-0.4, -0.2) is 24.1 Å². The summed E-state index contributed by atoms with van der Waals surface area (Å²) in [5, 5.41) is -0.116. The minimum atomic E-state index is -0.383. The molecule has 2 aromatic rings. The van der Waals surface area contributed by atoms with Crippen molar-refractivity contribution in [2.45, 2.75) is 18.8 Å². The average molecular weight is 257 g/mol. The molecular weight excluding hydrogens is 244 g/mol. The second kappa shape index (κ2) is 4.03. The smallest absolute Gasteiger partial charge is 0.323 e. The van der Waals surface area contributed by atoms with Gasteiger partial charge in [0, 0.05) is 26.0 Å². The van der Waals surface area contributed by atoms with Gasteiger partial charge in [0.15, 0.2) is 11.2 Å². The zero-order valence-corrected chi connectivity index (χ0v) is 10.6. The Kier molecular flexibility index (Phi) is 2.82. The number of halogens is 1. The molecule has 0 aliphatic heterocycles. The van der Waals surface area contributed by atoms with E-state index in [1.807, 2.05) is 6.92 Å². The molecule has 0 aromatic carbocycles. The minimum Gasteiger partial charge on any atom is -0.323 e. The maximum atomic E-state index is 12.0. The number of rotatable bonds is 2. The van der Waals surface area contributed by atoms with Gasteiger partial charge in [0.25, 0.3) is 5.56 Å². The van der Waals surface area contributed by atoms with Gasteiger partial charge < -0.3 is 4.57 Å². The van der Waals surface area contributed by atoms with E-state index in [0.717, 1.165) is 4.57 Å². The summed E-state index contributed by atoms with van der Waals surface area (Å²) in [5.41, 5.74) is 0.0575. The van der Waals surface area contributed by atoms with Crippen molar-refractivity contribution < 1.29 is 0 Å². The van der Waals surface area contributed by atoms with E-state index in [2.05, 4.69) is 4.98 Å². The number of aryl methyl sites for hydroxylation is 1. The summed E-state index contributed by atoms with van der Waals surface area (Å²) in [6, 6.07) is 0. The van der Waals surface area contributed by atoms with Crippen molar-refractivity contribution in [2.75, 3.05) is 0 Å².